The molecule has 0 bridgehead atoms. The van der Waals surface area contributed by atoms with E-state index in [1.165, 1.54) is 0 Å². The van der Waals surface area contributed by atoms with Gasteiger partial charge in [-0.1, -0.05) is 29.8 Å². The van der Waals surface area contributed by atoms with E-state index in [2.05, 4.69) is 10.6 Å². The Hall–Kier alpha value is -2.73. The van der Waals surface area contributed by atoms with Crippen LogP contribution in [0.2, 0.25) is 5.02 Å². The minimum atomic E-state index is -0.987. The van der Waals surface area contributed by atoms with Gasteiger partial charge in [-0.15, -0.1) is 0 Å². The van der Waals surface area contributed by atoms with Crippen LogP contribution in [0.5, 0.6) is 5.75 Å². The molecule has 3 rings (SSSR count). The van der Waals surface area contributed by atoms with Crippen LogP contribution in [0.15, 0.2) is 54.6 Å². The summed E-state index contributed by atoms with van der Waals surface area (Å²) in [5, 5.41) is 6.42. The van der Waals surface area contributed by atoms with Crippen LogP contribution < -0.4 is 15.4 Å². The molecule has 1 saturated heterocycles. The molecule has 6 nitrogen and oxygen atoms in total. The maximum Gasteiger partial charge on any atom is 0.319 e. The number of rotatable bonds is 5. The fraction of sp³-hybridized carbons (Fsp3) is 0.364. The largest absolute Gasteiger partial charge is 0.478 e. The first-order valence-corrected chi connectivity index (χ1v) is 10.1. The predicted molar refractivity (Wildman–Crippen MR) is 114 cm³/mol. The van der Waals surface area contributed by atoms with Gasteiger partial charge in [0.1, 0.15) is 5.75 Å². The summed E-state index contributed by atoms with van der Waals surface area (Å²) in [6.45, 7) is 4.67. The second kappa shape index (κ2) is 9.18. The highest BCUT2D eigenvalue weighted by atomic mass is 35.5. The molecule has 0 aliphatic carbocycles. The van der Waals surface area contributed by atoms with E-state index in [0.29, 0.717) is 36.7 Å². The van der Waals surface area contributed by atoms with E-state index in [1.807, 2.05) is 30.3 Å². The average Bonchev–Trinajstić information content (AvgIpc) is 2.70. The van der Waals surface area contributed by atoms with Crippen molar-refractivity contribution >= 4 is 29.2 Å². The molecule has 1 aliphatic rings. The highest BCUT2D eigenvalue weighted by molar-refractivity contribution is 6.30. The van der Waals surface area contributed by atoms with Gasteiger partial charge in [0.15, 0.2) is 5.60 Å². The number of nitrogens with zero attached hydrogens (tertiary/aromatic N) is 1. The van der Waals surface area contributed by atoms with E-state index < -0.39 is 5.60 Å². The van der Waals surface area contributed by atoms with Gasteiger partial charge in [-0.2, -0.15) is 0 Å². The number of carbonyl (C=O) groups is 2. The van der Waals surface area contributed by atoms with Crippen LogP contribution in [-0.4, -0.2) is 41.6 Å². The van der Waals surface area contributed by atoms with Crippen molar-refractivity contribution in [3.05, 3.63) is 59.6 Å². The van der Waals surface area contributed by atoms with Crippen LogP contribution in [0.25, 0.3) is 0 Å². The third-order valence-electron chi connectivity index (χ3n) is 4.85. The number of hydrogen-bond donors (Lipinski definition) is 2. The van der Waals surface area contributed by atoms with Crippen LogP contribution >= 0.6 is 11.6 Å². The lowest BCUT2D eigenvalue weighted by Crippen LogP contribution is -2.54. The molecular formula is C22H26ClN3O3. The first kappa shape index (κ1) is 21.0. The number of urea groups is 1. The zero-order valence-electron chi connectivity index (χ0n) is 16.7. The van der Waals surface area contributed by atoms with E-state index in [1.54, 1.807) is 43.0 Å². The summed E-state index contributed by atoms with van der Waals surface area (Å²) in [4.78, 5) is 26.9. The van der Waals surface area contributed by atoms with Gasteiger partial charge in [0, 0.05) is 29.8 Å². The lowest BCUT2D eigenvalue weighted by molar-refractivity contribution is -0.146. The summed E-state index contributed by atoms with van der Waals surface area (Å²) in [7, 11) is 0. The quantitative estimate of drug-likeness (QED) is 0.764. The van der Waals surface area contributed by atoms with Crippen LogP contribution in [0.1, 0.15) is 26.7 Å². The van der Waals surface area contributed by atoms with E-state index in [0.717, 1.165) is 5.69 Å². The van der Waals surface area contributed by atoms with Crippen molar-refractivity contribution in [3.63, 3.8) is 0 Å². The third-order valence-corrected chi connectivity index (χ3v) is 5.10. The summed E-state index contributed by atoms with van der Waals surface area (Å²) in [6, 6.07) is 16.1. The van der Waals surface area contributed by atoms with Crippen LogP contribution in [0.4, 0.5) is 10.5 Å². The Morgan fingerprint density at radius 1 is 1.03 bits per heavy atom. The predicted octanol–water partition coefficient (Wildman–Crippen LogP) is 4.31. The molecule has 2 aromatic rings. The standard InChI is InChI=1S/C22H26ClN3O3/c1-22(2,29-19-10-8-16(23)9-11-19)20(27)26-14-12-18(13-15-26)25-21(28)24-17-6-4-3-5-7-17/h3-11,18H,12-15H2,1-2H3,(H2,24,25,28). The topological polar surface area (TPSA) is 70.7 Å². The molecule has 1 heterocycles. The zero-order valence-corrected chi connectivity index (χ0v) is 17.4. The van der Waals surface area contributed by atoms with Crippen LogP contribution in [0, 0.1) is 0 Å². The van der Waals surface area contributed by atoms with Crippen molar-refractivity contribution in [3.8, 4) is 5.75 Å². The third kappa shape index (κ3) is 5.87. The minimum Gasteiger partial charge on any atom is -0.478 e. The second-order valence-electron chi connectivity index (χ2n) is 7.60. The molecule has 0 spiro atoms. The molecule has 2 N–H and O–H groups in total. The SMILES string of the molecule is CC(C)(Oc1ccc(Cl)cc1)C(=O)N1CCC(NC(=O)Nc2ccccc2)CC1. The Labute approximate surface area is 176 Å². The number of ether oxygens (including phenoxy) is 1. The number of hydrogen-bond acceptors (Lipinski definition) is 3. The summed E-state index contributed by atoms with van der Waals surface area (Å²) in [5.74, 6) is 0.529. The van der Waals surface area contributed by atoms with E-state index in [9.17, 15) is 9.59 Å². The molecule has 1 aliphatic heterocycles. The molecule has 0 radical (unpaired) electrons. The molecule has 0 aromatic heterocycles. The molecule has 7 heteroatoms. The number of nitrogens with one attached hydrogen (secondary N) is 2. The smallest absolute Gasteiger partial charge is 0.319 e. The summed E-state index contributed by atoms with van der Waals surface area (Å²) >= 11 is 5.90. The second-order valence-corrected chi connectivity index (χ2v) is 8.03. The monoisotopic (exact) mass is 415 g/mol. The van der Waals surface area contributed by atoms with E-state index in [4.69, 9.17) is 16.3 Å². The molecule has 0 atom stereocenters. The number of benzene rings is 2. The number of amides is 3. The van der Waals surface area contributed by atoms with Crippen molar-refractivity contribution in [2.24, 2.45) is 0 Å². The Kier molecular flexibility index (Phi) is 6.64. The number of carbonyl (C=O) groups excluding carboxylic acids is 2. The van der Waals surface area contributed by atoms with Crippen molar-refractivity contribution < 1.29 is 14.3 Å². The molecule has 3 amide bonds. The molecule has 0 unspecified atom stereocenters. The molecule has 29 heavy (non-hydrogen) atoms. The maximum atomic E-state index is 12.9. The summed E-state index contributed by atoms with van der Waals surface area (Å²) in [6.07, 6.45) is 1.40. The van der Waals surface area contributed by atoms with Crippen LogP contribution in [0.3, 0.4) is 0 Å². The van der Waals surface area contributed by atoms with E-state index >= 15 is 0 Å². The fourth-order valence-corrected chi connectivity index (χ4v) is 3.45. The summed E-state index contributed by atoms with van der Waals surface area (Å²) < 4.78 is 5.90. The Bertz CT molecular complexity index is 832. The normalized spacial score (nSPS) is 14.9. The molecule has 154 valence electrons. The highest BCUT2D eigenvalue weighted by Gasteiger charge is 2.36. The first-order chi connectivity index (χ1) is 13.8. The summed E-state index contributed by atoms with van der Waals surface area (Å²) in [5.41, 5.74) is -0.239. The first-order valence-electron chi connectivity index (χ1n) is 9.70. The van der Waals surface area contributed by atoms with Gasteiger partial charge in [0.2, 0.25) is 0 Å². The molecule has 1 fully saturated rings. The maximum absolute atomic E-state index is 12.9. The fourth-order valence-electron chi connectivity index (χ4n) is 3.32. The van der Waals surface area contributed by atoms with Crippen molar-refractivity contribution in [2.45, 2.75) is 38.3 Å². The lowest BCUT2D eigenvalue weighted by atomic mass is 10.0. The highest BCUT2D eigenvalue weighted by Crippen LogP contribution is 2.24. The lowest BCUT2D eigenvalue weighted by Gasteiger charge is -2.37. The molecule has 2 aromatic carbocycles. The zero-order chi connectivity index (χ0) is 20.9. The Morgan fingerprint density at radius 3 is 2.28 bits per heavy atom. The number of anilines is 1. The number of halogens is 1. The van der Waals surface area contributed by atoms with Crippen molar-refractivity contribution in [2.75, 3.05) is 18.4 Å². The van der Waals surface area contributed by atoms with Gasteiger partial charge in [-0.25, -0.2) is 4.79 Å². The van der Waals surface area contributed by atoms with Crippen molar-refractivity contribution in [1.82, 2.24) is 10.2 Å². The van der Waals surface area contributed by atoms with Gasteiger partial charge < -0.3 is 20.3 Å². The van der Waals surface area contributed by atoms with Gasteiger partial charge in [-0.3, -0.25) is 4.79 Å². The van der Waals surface area contributed by atoms with Gasteiger partial charge in [0.25, 0.3) is 5.91 Å². The minimum absolute atomic E-state index is 0.0306. The van der Waals surface area contributed by atoms with Crippen molar-refractivity contribution in [1.29, 1.82) is 0 Å². The average molecular weight is 416 g/mol. The Morgan fingerprint density at radius 2 is 1.66 bits per heavy atom. The van der Waals surface area contributed by atoms with Crippen LogP contribution in [-0.2, 0) is 4.79 Å². The van der Waals surface area contributed by atoms with Gasteiger partial charge in [0.05, 0.1) is 0 Å². The molecule has 0 saturated carbocycles. The number of piperidine rings is 1. The Balaban J connectivity index is 1.48. The molecular weight excluding hydrogens is 390 g/mol. The van der Waals surface area contributed by atoms with Gasteiger partial charge >= 0.3 is 6.03 Å². The van der Waals surface area contributed by atoms with E-state index in [-0.39, 0.29) is 18.0 Å². The van der Waals surface area contributed by atoms with Gasteiger partial charge in [-0.05, 0) is 63.1 Å². The number of likely N-dealkylation sites (tertiary alicyclic amines) is 1. The number of para-hydroxylation sites is 1.